The summed E-state index contributed by atoms with van der Waals surface area (Å²) in [5.41, 5.74) is 2.13. The predicted octanol–water partition coefficient (Wildman–Crippen LogP) is 4.33. The van der Waals surface area contributed by atoms with Crippen LogP contribution in [0.1, 0.15) is 30.9 Å². The number of rotatable bonds is 9. The highest BCUT2D eigenvalue weighted by atomic mass is 32.1. The molecule has 1 aromatic heterocycles. The van der Waals surface area contributed by atoms with Gasteiger partial charge in [-0.05, 0) is 43.2 Å². The molecule has 10 heteroatoms. The second kappa shape index (κ2) is 10.8. The molecule has 1 unspecified atom stereocenters. The standard InChI is InChI=1S/C22H23F2N5O2S/c1-3-4-18(26-19(30)11-14-9-15(23)12-16(24)10-14)20(31)27-22-28-21(29-32-22)25-17-7-5-13(2)6-8-17/h5-10,12,18H,3-4,11H2,1-2H3,(H,26,30)(H2,25,27,28,29,31). The number of carbonyl (C=O) groups is 2. The second-order valence-electron chi connectivity index (χ2n) is 7.27. The van der Waals surface area contributed by atoms with Crippen LogP contribution in [-0.2, 0) is 16.0 Å². The molecule has 1 heterocycles. The highest BCUT2D eigenvalue weighted by molar-refractivity contribution is 7.10. The summed E-state index contributed by atoms with van der Waals surface area (Å²) < 4.78 is 30.8. The van der Waals surface area contributed by atoms with E-state index in [1.54, 1.807) is 0 Å². The summed E-state index contributed by atoms with van der Waals surface area (Å²) in [6.07, 6.45) is 0.789. The summed E-state index contributed by atoms with van der Waals surface area (Å²) >= 11 is 1.01. The fourth-order valence-electron chi connectivity index (χ4n) is 2.98. The molecule has 0 radical (unpaired) electrons. The summed E-state index contributed by atoms with van der Waals surface area (Å²) in [6, 6.07) is 9.78. The van der Waals surface area contributed by atoms with Crippen LogP contribution in [0.2, 0.25) is 0 Å². The fourth-order valence-corrected chi connectivity index (χ4v) is 3.52. The third kappa shape index (κ3) is 6.81. The quantitative estimate of drug-likeness (QED) is 0.443. The Bertz CT molecular complexity index is 1070. The Kier molecular flexibility index (Phi) is 7.82. The van der Waals surface area contributed by atoms with Crippen molar-refractivity contribution >= 4 is 40.1 Å². The van der Waals surface area contributed by atoms with E-state index in [0.717, 1.165) is 41.0 Å². The van der Waals surface area contributed by atoms with E-state index in [1.165, 1.54) is 0 Å². The van der Waals surface area contributed by atoms with Gasteiger partial charge in [0.1, 0.15) is 17.7 Å². The van der Waals surface area contributed by atoms with Crippen molar-refractivity contribution in [1.29, 1.82) is 0 Å². The van der Waals surface area contributed by atoms with Gasteiger partial charge in [0.05, 0.1) is 6.42 Å². The van der Waals surface area contributed by atoms with Crippen molar-refractivity contribution in [2.45, 2.75) is 39.2 Å². The number of halogens is 2. The minimum absolute atomic E-state index is 0.187. The summed E-state index contributed by atoms with van der Waals surface area (Å²) in [7, 11) is 0. The molecule has 2 amide bonds. The number of anilines is 3. The molecule has 0 fully saturated rings. The van der Waals surface area contributed by atoms with E-state index in [2.05, 4.69) is 25.3 Å². The summed E-state index contributed by atoms with van der Waals surface area (Å²) in [6.45, 7) is 3.86. The van der Waals surface area contributed by atoms with Crippen LogP contribution in [0.3, 0.4) is 0 Å². The zero-order chi connectivity index (χ0) is 23.1. The number of amides is 2. The first-order chi connectivity index (χ1) is 15.3. The van der Waals surface area contributed by atoms with E-state index in [1.807, 2.05) is 38.1 Å². The minimum atomic E-state index is -0.816. The molecular weight excluding hydrogens is 436 g/mol. The van der Waals surface area contributed by atoms with Crippen molar-refractivity contribution in [1.82, 2.24) is 14.7 Å². The Hall–Kier alpha value is -3.40. The molecule has 168 valence electrons. The van der Waals surface area contributed by atoms with Gasteiger partial charge in [-0.15, -0.1) is 0 Å². The van der Waals surface area contributed by atoms with Gasteiger partial charge < -0.3 is 10.6 Å². The molecule has 7 nitrogen and oxygen atoms in total. The number of nitrogens with one attached hydrogen (secondary N) is 3. The lowest BCUT2D eigenvalue weighted by Gasteiger charge is -2.17. The summed E-state index contributed by atoms with van der Waals surface area (Å²) in [5, 5.41) is 8.62. The first-order valence-corrected chi connectivity index (χ1v) is 10.8. The van der Waals surface area contributed by atoms with Crippen LogP contribution < -0.4 is 16.0 Å². The average molecular weight is 460 g/mol. The van der Waals surface area contributed by atoms with E-state index >= 15 is 0 Å². The fraction of sp³-hybridized carbons (Fsp3) is 0.273. The smallest absolute Gasteiger partial charge is 0.248 e. The zero-order valence-corrected chi connectivity index (χ0v) is 18.4. The molecule has 0 spiro atoms. The van der Waals surface area contributed by atoms with Gasteiger partial charge in [-0.2, -0.15) is 9.36 Å². The molecule has 0 saturated carbocycles. The van der Waals surface area contributed by atoms with Crippen molar-refractivity contribution in [2.24, 2.45) is 0 Å². The van der Waals surface area contributed by atoms with Crippen LogP contribution in [0.25, 0.3) is 0 Å². The van der Waals surface area contributed by atoms with Gasteiger partial charge in [-0.1, -0.05) is 31.0 Å². The molecule has 3 rings (SSSR count). The van der Waals surface area contributed by atoms with Crippen molar-refractivity contribution in [3.05, 3.63) is 65.2 Å². The lowest BCUT2D eigenvalue weighted by Crippen LogP contribution is -2.44. The Morgan fingerprint density at radius 1 is 1.09 bits per heavy atom. The Labute approximate surface area is 188 Å². The Balaban J connectivity index is 1.59. The van der Waals surface area contributed by atoms with Gasteiger partial charge in [0.25, 0.3) is 0 Å². The third-order valence-electron chi connectivity index (χ3n) is 4.48. The van der Waals surface area contributed by atoms with Gasteiger partial charge in [-0.3, -0.25) is 14.9 Å². The zero-order valence-electron chi connectivity index (χ0n) is 17.6. The van der Waals surface area contributed by atoms with Crippen LogP contribution in [-0.4, -0.2) is 27.2 Å². The Morgan fingerprint density at radius 2 is 1.78 bits per heavy atom. The molecule has 3 aromatic rings. The van der Waals surface area contributed by atoms with Crippen molar-refractivity contribution < 1.29 is 18.4 Å². The normalized spacial score (nSPS) is 11.6. The van der Waals surface area contributed by atoms with Gasteiger partial charge in [0.2, 0.25) is 22.9 Å². The monoisotopic (exact) mass is 459 g/mol. The second-order valence-corrected chi connectivity index (χ2v) is 8.02. The molecule has 0 aliphatic carbocycles. The maximum atomic E-state index is 13.3. The molecule has 0 aliphatic rings. The van der Waals surface area contributed by atoms with Gasteiger partial charge in [0.15, 0.2) is 0 Å². The predicted molar refractivity (Wildman–Crippen MR) is 120 cm³/mol. The van der Waals surface area contributed by atoms with Crippen molar-refractivity contribution in [3.8, 4) is 0 Å². The number of carbonyl (C=O) groups excluding carboxylic acids is 2. The maximum absolute atomic E-state index is 13.3. The Morgan fingerprint density at radius 3 is 2.44 bits per heavy atom. The van der Waals surface area contributed by atoms with Gasteiger partial charge in [0, 0.05) is 23.3 Å². The first-order valence-electron chi connectivity index (χ1n) is 10.0. The lowest BCUT2D eigenvalue weighted by molar-refractivity contribution is -0.126. The molecular formula is C22H23F2N5O2S. The third-order valence-corrected chi connectivity index (χ3v) is 5.11. The summed E-state index contributed by atoms with van der Waals surface area (Å²) in [5.74, 6) is -2.13. The van der Waals surface area contributed by atoms with E-state index < -0.39 is 29.5 Å². The van der Waals surface area contributed by atoms with Crippen LogP contribution >= 0.6 is 11.5 Å². The number of hydrogen-bond acceptors (Lipinski definition) is 6. The summed E-state index contributed by atoms with van der Waals surface area (Å²) in [4.78, 5) is 29.3. The first kappa shape index (κ1) is 23.3. The number of aryl methyl sites for hydroxylation is 1. The van der Waals surface area contributed by atoms with Crippen LogP contribution in [0.5, 0.6) is 0 Å². The number of benzene rings is 2. The molecule has 2 aromatic carbocycles. The van der Waals surface area contributed by atoms with E-state index in [9.17, 15) is 18.4 Å². The molecule has 0 aliphatic heterocycles. The maximum Gasteiger partial charge on any atom is 0.248 e. The van der Waals surface area contributed by atoms with E-state index in [0.29, 0.717) is 18.8 Å². The topological polar surface area (TPSA) is 96.0 Å². The lowest BCUT2D eigenvalue weighted by atomic mass is 10.1. The molecule has 0 bridgehead atoms. The number of aromatic nitrogens is 2. The van der Waals surface area contributed by atoms with Crippen molar-refractivity contribution in [2.75, 3.05) is 10.6 Å². The number of hydrogen-bond donors (Lipinski definition) is 3. The average Bonchev–Trinajstić information content (AvgIpc) is 3.15. The van der Waals surface area contributed by atoms with Gasteiger partial charge >= 0.3 is 0 Å². The van der Waals surface area contributed by atoms with E-state index in [4.69, 9.17) is 0 Å². The van der Waals surface area contributed by atoms with E-state index in [-0.39, 0.29) is 17.1 Å². The minimum Gasteiger partial charge on any atom is -0.344 e. The van der Waals surface area contributed by atoms with Gasteiger partial charge in [-0.25, -0.2) is 8.78 Å². The molecule has 0 saturated heterocycles. The largest absolute Gasteiger partial charge is 0.344 e. The van der Waals surface area contributed by atoms with Crippen molar-refractivity contribution in [3.63, 3.8) is 0 Å². The highest BCUT2D eigenvalue weighted by Gasteiger charge is 2.21. The van der Waals surface area contributed by atoms with Crippen LogP contribution in [0, 0.1) is 18.6 Å². The molecule has 32 heavy (non-hydrogen) atoms. The SMILES string of the molecule is CCCC(NC(=O)Cc1cc(F)cc(F)c1)C(=O)Nc1nc(Nc2ccc(C)cc2)ns1. The number of nitrogens with zero attached hydrogens (tertiary/aromatic N) is 2. The van der Waals surface area contributed by atoms with Crippen LogP contribution in [0.4, 0.5) is 25.5 Å². The highest BCUT2D eigenvalue weighted by Crippen LogP contribution is 2.19. The van der Waals surface area contributed by atoms with Crippen LogP contribution in [0.15, 0.2) is 42.5 Å². The molecule has 1 atom stereocenters. The molecule has 3 N–H and O–H groups in total.